The van der Waals surface area contributed by atoms with Gasteiger partial charge in [0.1, 0.15) is 0 Å². The summed E-state index contributed by atoms with van der Waals surface area (Å²) in [6.07, 6.45) is 0.138. The Morgan fingerprint density at radius 2 is 1.77 bits per heavy atom. The normalized spacial score (nSPS) is 24.9. The topological polar surface area (TPSA) is 52.4 Å². The fourth-order valence-electron chi connectivity index (χ4n) is 3.11. The van der Waals surface area contributed by atoms with E-state index >= 15 is 0 Å². The number of nitrogens with zero attached hydrogens (tertiary/aromatic N) is 1. The van der Waals surface area contributed by atoms with Crippen LogP contribution in [0.1, 0.15) is 29.6 Å². The minimum atomic E-state index is -0.783. The third kappa shape index (κ3) is 2.91. The molecule has 0 spiro atoms. The first-order chi connectivity index (χ1) is 10.7. The summed E-state index contributed by atoms with van der Waals surface area (Å²) in [5, 5.41) is 11.7. The number of nitro groups is 1. The van der Waals surface area contributed by atoms with E-state index < -0.39 is 12.1 Å². The maximum absolute atomic E-state index is 11.7. The SMILES string of the molecule is O=[N+]([O-])[C@H]1[C@@H](c2ccccc2Br)CCO[C@H]1c1ccccc1. The Morgan fingerprint density at radius 3 is 2.45 bits per heavy atom. The summed E-state index contributed by atoms with van der Waals surface area (Å²) < 4.78 is 6.69. The van der Waals surface area contributed by atoms with Gasteiger partial charge in [-0.15, -0.1) is 0 Å². The molecule has 1 aliphatic heterocycles. The first-order valence-corrected chi connectivity index (χ1v) is 8.02. The summed E-state index contributed by atoms with van der Waals surface area (Å²) in [5.74, 6) is -0.162. The Hall–Kier alpha value is -1.72. The van der Waals surface area contributed by atoms with Crippen LogP contribution in [0.25, 0.3) is 0 Å². The van der Waals surface area contributed by atoms with Crippen molar-refractivity contribution < 1.29 is 9.66 Å². The molecular formula is C17H16BrNO3. The molecule has 2 aromatic rings. The minimum absolute atomic E-state index is 0.162. The first-order valence-electron chi connectivity index (χ1n) is 7.23. The van der Waals surface area contributed by atoms with E-state index in [1.807, 2.05) is 54.6 Å². The van der Waals surface area contributed by atoms with Crippen molar-refractivity contribution in [3.8, 4) is 0 Å². The molecule has 3 rings (SSSR count). The highest BCUT2D eigenvalue weighted by atomic mass is 79.9. The van der Waals surface area contributed by atoms with E-state index in [-0.39, 0.29) is 10.8 Å². The molecule has 1 saturated heterocycles. The Balaban J connectivity index is 2.00. The Morgan fingerprint density at radius 1 is 1.09 bits per heavy atom. The molecular weight excluding hydrogens is 346 g/mol. The van der Waals surface area contributed by atoms with E-state index in [4.69, 9.17) is 4.74 Å². The molecule has 22 heavy (non-hydrogen) atoms. The number of benzene rings is 2. The van der Waals surface area contributed by atoms with E-state index in [1.54, 1.807) is 0 Å². The van der Waals surface area contributed by atoms with Gasteiger partial charge in [-0.25, -0.2) is 0 Å². The van der Waals surface area contributed by atoms with E-state index in [2.05, 4.69) is 15.9 Å². The van der Waals surface area contributed by atoms with Gasteiger partial charge in [-0.3, -0.25) is 10.1 Å². The van der Waals surface area contributed by atoms with Crippen molar-refractivity contribution in [3.63, 3.8) is 0 Å². The fourth-order valence-corrected chi connectivity index (χ4v) is 3.69. The van der Waals surface area contributed by atoms with Gasteiger partial charge in [-0.1, -0.05) is 64.5 Å². The van der Waals surface area contributed by atoms with Crippen LogP contribution in [0.3, 0.4) is 0 Å². The lowest BCUT2D eigenvalue weighted by Crippen LogP contribution is -2.40. The molecule has 0 unspecified atom stereocenters. The molecule has 0 bridgehead atoms. The number of hydrogen-bond acceptors (Lipinski definition) is 3. The molecule has 0 saturated carbocycles. The van der Waals surface area contributed by atoms with E-state index in [1.165, 1.54) is 0 Å². The Bertz CT molecular complexity index is 662. The third-order valence-corrected chi connectivity index (χ3v) is 4.85. The largest absolute Gasteiger partial charge is 0.366 e. The highest BCUT2D eigenvalue weighted by molar-refractivity contribution is 9.10. The fraction of sp³-hybridized carbons (Fsp3) is 0.294. The van der Waals surface area contributed by atoms with Crippen LogP contribution in [0.4, 0.5) is 0 Å². The highest BCUT2D eigenvalue weighted by Crippen LogP contribution is 2.41. The zero-order valence-electron chi connectivity index (χ0n) is 11.9. The lowest BCUT2D eigenvalue weighted by Gasteiger charge is -2.33. The maximum Gasteiger partial charge on any atom is 0.249 e. The number of halogens is 1. The molecule has 0 N–H and O–H groups in total. The van der Waals surface area contributed by atoms with Gasteiger partial charge >= 0.3 is 0 Å². The molecule has 1 heterocycles. The molecule has 1 aliphatic rings. The average Bonchev–Trinajstić information content (AvgIpc) is 2.55. The molecule has 4 nitrogen and oxygen atoms in total. The number of hydrogen-bond donors (Lipinski definition) is 0. The van der Waals surface area contributed by atoms with Crippen LogP contribution in [-0.2, 0) is 4.74 Å². The van der Waals surface area contributed by atoms with Gasteiger partial charge in [0, 0.05) is 16.0 Å². The van der Waals surface area contributed by atoms with Gasteiger partial charge in [0.15, 0.2) is 6.10 Å². The summed E-state index contributed by atoms with van der Waals surface area (Å²) >= 11 is 3.52. The molecule has 3 atom stereocenters. The van der Waals surface area contributed by atoms with Crippen molar-refractivity contribution in [2.75, 3.05) is 6.61 Å². The van der Waals surface area contributed by atoms with Gasteiger partial charge in [0.05, 0.1) is 5.92 Å². The van der Waals surface area contributed by atoms with Crippen LogP contribution in [-0.4, -0.2) is 17.6 Å². The quantitative estimate of drug-likeness (QED) is 0.603. The molecule has 0 radical (unpaired) electrons. The van der Waals surface area contributed by atoms with Gasteiger partial charge in [-0.05, 0) is 23.6 Å². The second-order valence-electron chi connectivity index (χ2n) is 5.39. The standard InChI is InChI=1S/C17H16BrNO3/c18-15-9-5-4-8-13(15)14-10-11-22-17(16(14)19(20)21)12-6-2-1-3-7-12/h1-9,14,16-17H,10-11H2/t14-,16+,17+/m1/s1. The van der Waals surface area contributed by atoms with Crippen molar-refractivity contribution in [1.82, 2.24) is 0 Å². The monoisotopic (exact) mass is 361 g/mol. The summed E-state index contributed by atoms with van der Waals surface area (Å²) in [7, 11) is 0. The molecule has 0 aliphatic carbocycles. The summed E-state index contributed by atoms with van der Waals surface area (Å²) in [4.78, 5) is 11.5. The van der Waals surface area contributed by atoms with Gasteiger partial charge in [0.25, 0.3) is 0 Å². The summed E-state index contributed by atoms with van der Waals surface area (Å²) in [5.41, 5.74) is 1.84. The van der Waals surface area contributed by atoms with Crippen LogP contribution in [0.2, 0.25) is 0 Å². The smallest absolute Gasteiger partial charge is 0.249 e. The minimum Gasteiger partial charge on any atom is -0.366 e. The molecule has 0 amide bonds. The van der Waals surface area contributed by atoms with E-state index in [9.17, 15) is 10.1 Å². The van der Waals surface area contributed by atoms with E-state index in [0.717, 1.165) is 15.6 Å². The number of ether oxygens (including phenoxy) is 1. The molecule has 114 valence electrons. The molecule has 2 aromatic carbocycles. The van der Waals surface area contributed by atoms with Gasteiger partial charge in [-0.2, -0.15) is 0 Å². The Labute approximate surface area is 137 Å². The van der Waals surface area contributed by atoms with Crippen molar-refractivity contribution >= 4 is 15.9 Å². The predicted molar refractivity (Wildman–Crippen MR) is 87.4 cm³/mol. The van der Waals surface area contributed by atoms with Gasteiger partial charge < -0.3 is 4.74 Å². The maximum atomic E-state index is 11.7. The molecule has 5 heteroatoms. The predicted octanol–water partition coefficient (Wildman–Crippen LogP) is 4.34. The van der Waals surface area contributed by atoms with E-state index in [0.29, 0.717) is 13.0 Å². The third-order valence-electron chi connectivity index (χ3n) is 4.12. The van der Waals surface area contributed by atoms with Crippen LogP contribution in [0.15, 0.2) is 59.1 Å². The highest BCUT2D eigenvalue weighted by Gasteiger charge is 2.45. The molecule has 1 fully saturated rings. The second kappa shape index (κ2) is 6.58. The van der Waals surface area contributed by atoms with Crippen LogP contribution in [0.5, 0.6) is 0 Å². The number of rotatable bonds is 3. The zero-order chi connectivity index (χ0) is 15.5. The lowest BCUT2D eigenvalue weighted by atomic mass is 9.82. The zero-order valence-corrected chi connectivity index (χ0v) is 13.5. The van der Waals surface area contributed by atoms with Crippen molar-refractivity contribution in [2.24, 2.45) is 0 Å². The van der Waals surface area contributed by atoms with Crippen molar-refractivity contribution in [3.05, 3.63) is 80.3 Å². The summed E-state index contributed by atoms with van der Waals surface area (Å²) in [6, 6.07) is 16.4. The van der Waals surface area contributed by atoms with Crippen LogP contribution >= 0.6 is 15.9 Å². The van der Waals surface area contributed by atoms with Crippen LogP contribution < -0.4 is 0 Å². The summed E-state index contributed by atoms with van der Waals surface area (Å²) in [6.45, 7) is 0.524. The first kappa shape index (κ1) is 15.2. The second-order valence-corrected chi connectivity index (χ2v) is 6.25. The van der Waals surface area contributed by atoms with Crippen LogP contribution in [0, 0.1) is 10.1 Å². The lowest BCUT2D eigenvalue weighted by molar-refractivity contribution is -0.546. The Kier molecular flexibility index (Phi) is 4.55. The van der Waals surface area contributed by atoms with Crippen molar-refractivity contribution in [1.29, 1.82) is 0 Å². The average molecular weight is 362 g/mol. The van der Waals surface area contributed by atoms with Gasteiger partial charge in [0.2, 0.25) is 6.04 Å². The molecule has 0 aromatic heterocycles. The van der Waals surface area contributed by atoms with Crippen molar-refractivity contribution in [2.45, 2.75) is 24.5 Å².